The fourth-order valence-electron chi connectivity index (χ4n) is 3.29. The first-order valence-corrected chi connectivity index (χ1v) is 8.13. The minimum atomic E-state index is -0.313. The summed E-state index contributed by atoms with van der Waals surface area (Å²) in [5, 5.41) is 2.03. The first-order chi connectivity index (χ1) is 11.6. The smallest absolute Gasteiger partial charge is 0.336 e. The van der Waals surface area contributed by atoms with E-state index in [2.05, 4.69) is 37.3 Å². The summed E-state index contributed by atoms with van der Waals surface area (Å²) in [5.41, 5.74) is 6.36. The lowest BCUT2D eigenvalue weighted by Crippen LogP contribution is -2.01. The number of hydrogen-bond acceptors (Lipinski definition) is 3. The van der Waals surface area contributed by atoms with Crippen molar-refractivity contribution in [2.75, 3.05) is 0 Å². The van der Waals surface area contributed by atoms with Crippen LogP contribution in [0.5, 0.6) is 0 Å². The molecule has 0 N–H and O–H groups in total. The van der Waals surface area contributed by atoms with Gasteiger partial charge in [-0.15, -0.1) is 0 Å². The molecule has 0 spiro atoms. The van der Waals surface area contributed by atoms with Crippen molar-refractivity contribution in [3.63, 3.8) is 0 Å². The van der Waals surface area contributed by atoms with E-state index >= 15 is 0 Å². The van der Waals surface area contributed by atoms with Crippen LogP contribution in [0.2, 0.25) is 0 Å². The lowest BCUT2D eigenvalue weighted by Gasteiger charge is -2.07. The van der Waals surface area contributed by atoms with Gasteiger partial charge in [-0.2, -0.15) is 0 Å². The summed E-state index contributed by atoms with van der Waals surface area (Å²) in [5.74, 6) is 0. The maximum absolute atomic E-state index is 11.8. The van der Waals surface area contributed by atoms with Gasteiger partial charge in [0.05, 0.1) is 6.26 Å². The topological polar surface area (TPSA) is 43.4 Å². The Balaban J connectivity index is 2.09. The second kappa shape index (κ2) is 5.38. The molecule has 2 heterocycles. The van der Waals surface area contributed by atoms with Gasteiger partial charge in [0, 0.05) is 28.0 Å². The molecule has 3 nitrogen and oxygen atoms in total. The highest BCUT2D eigenvalue weighted by atomic mass is 16.4. The van der Waals surface area contributed by atoms with Gasteiger partial charge in [0.25, 0.3) is 0 Å². The van der Waals surface area contributed by atoms with Crippen LogP contribution in [0, 0.1) is 13.8 Å². The average Bonchev–Trinajstić information content (AvgIpc) is 3.00. The van der Waals surface area contributed by atoms with E-state index in [0.29, 0.717) is 5.58 Å². The Labute approximate surface area is 139 Å². The molecule has 0 aliphatic rings. The predicted molar refractivity (Wildman–Crippen MR) is 96.5 cm³/mol. The van der Waals surface area contributed by atoms with Crippen LogP contribution in [-0.4, -0.2) is 0 Å². The van der Waals surface area contributed by atoms with Crippen LogP contribution in [0.1, 0.15) is 23.6 Å². The molecule has 0 radical (unpaired) electrons. The third-order valence-electron chi connectivity index (χ3n) is 4.63. The van der Waals surface area contributed by atoms with Crippen molar-refractivity contribution in [1.29, 1.82) is 0 Å². The molecule has 0 saturated carbocycles. The van der Waals surface area contributed by atoms with E-state index in [1.165, 1.54) is 5.56 Å². The molecule has 0 unspecified atom stereocenters. The van der Waals surface area contributed by atoms with Crippen molar-refractivity contribution in [3.8, 4) is 11.1 Å². The third-order valence-corrected chi connectivity index (χ3v) is 4.63. The van der Waals surface area contributed by atoms with E-state index in [1.807, 2.05) is 13.8 Å². The Morgan fingerprint density at radius 3 is 2.42 bits per heavy atom. The summed E-state index contributed by atoms with van der Waals surface area (Å²) in [6.07, 6.45) is 2.57. The molecular formula is C21H18O3. The maximum Gasteiger partial charge on any atom is 0.336 e. The van der Waals surface area contributed by atoms with Gasteiger partial charge in [-0.05, 0) is 37.5 Å². The van der Waals surface area contributed by atoms with Crippen LogP contribution in [0.15, 0.2) is 56.3 Å². The number of benzene rings is 2. The van der Waals surface area contributed by atoms with Crippen molar-refractivity contribution in [1.82, 2.24) is 0 Å². The summed E-state index contributed by atoms with van der Waals surface area (Å²) in [7, 11) is 0. The minimum absolute atomic E-state index is 0.313. The fraction of sp³-hybridized carbons (Fsp3) is 0.190. The van der Waals surface area contributed by atoms with Crippen molar-refractivity contribution < 1.29 is 8.83 Å². The van der Waals surface area contributed by atoms with E-state index in [1.54, 1.807) is 12.3 Å². The molecular weight excluding hydrogens is 300 g/mol. The molecule has 0 saturated heterocycles. The highest BCUT2D eigenvalue weighted by Crippen LogP contribution is 2.36. The highest BCUT2D eigenvalue weighted by molar-refractivity contribution is 6.04. The summed E-state index contributed by atoms with van der Waals surface area (Å²) < 4.78 is 11.3. The maximum atomic E-state index is 11.8. The molecule has 24 heavy (non-hydrogen) atoms. The van der Waals surface area contributed by atoms with E-state index in [-0.39, 0.29) is 5.63 Å². The van der Waals surface area contributed by atoms with Crippen LogP contribution in [0.3, 0.4) is 0 Å². The van der Waals surface area contributed by atoms with Gasteiger partial charge < -0.3 is 8.83 Å². The molecule has 3 heteroatoms. The fourth-order valence-corrected chi connectivity index (χ4v) is 3.29. The van der Waals surface area contributed by atoms with Crippen LogP contribution < -0.4 is 5.63 Å². The molecule has 0 amide bonds. The second-order valence-corrected chi connectivity index (χ2v) is 6.21. The summed E-state index contributed by atoms with van der Waals surface area (Å²) in [6.45, 7) is 6.06. The summed E-state index contributed by atoms with van der Waals surface area (Å²) in [4.78, 5) is 11.8. The highest BCUT2D eigenvalue weighted by Gasteiger charge is 2.16. The lowest BCUT2D eigenvalue weighted by atomic mass is 9.98. The molecule has 4 rings (SSSR count). The van der Waals surface area contributed by atoms with Crippen molar-refractivity contribution in [2.24, 2.45) is 0 Å². The zero-order valence-electron chi connectivity index (χ0n) is 14.0. The number of hydrogen-bond donors (Lipinski definition) is 0. The molecule has 120 valence electrons. The molecule has 2 aromatic carbocycles. The van der Waals surface area contributed by atoms with Crippen molar-refractivity contribution in [2.45, 2.75) is 27.2 Å². The molecule has 0 aliphatic heterocycles. The minimum Gasteiger partial charge on any atom is -0.463 e. The lowest BCUT2D eigenvalue weighted by molar-refractivity contribution is 0.554. The van der Waals surface area contributed by atoms with Gasteiger partial charge in [0.15, 0.2) is 0 Å². The van der Waals surface area contributed by atoms with Crippen LogP contribution in [-0.2, 0) is 6.42 Å². The van der Waals surface area contributed by atoms with Crippen LogP contribution in [0.4, 0.5) is 0 Å². The molecule has 4 aromatic rings. The van der Waals surface area contributed by atoms with Gasteiger partial charge in [-0.25, -0.2) is 4.79 Å². The van der Waals surface area contributed by atoms with Gasteiger partial charge in [-0.3, -0.25) is 0 Å². The Kier molecular flexibility index (Phi) is 3.31. The Morgan fingerprint density at radius 2 is 1.71 bits per heavy atom. The molecule has 0 atom stereocenters. The van der Waals surface area contributed by atoms with Crippen molar-refractivity contribution >= 4 is 21.9 Å². The molecule has 2 aromatic heterocycles. The number of aryl methyl sites for hydroxylation is 3. The van der Waals surface area contributed by atoms with E-state index in [4.69, 9.17) is 8.83 Å². The monoisotopic (exact) mass is 318 g/mol. The quantitative estimate of drug-likeness (QED) is 0.466. The number of fused-ring (bicyclic) bond motifs is 2. The Bertz CT molecular complexity index is 1110. The summed E-state index contributed by atoms with van der Waals surface area (Å²) in [6, 6.07) is 12.1. The van der Waals surface area contributed by atoms with E-state index in [0.717, 1.165) is 45.0 Å². The molecule has 0 aliphatic carbocycles. The molecule has 0 bridgehead atoms. The predicted octanol–water partition coefficient (Wildman–Crippen LogP) is 5.39. The first-order valence-electron chi connectivity index (χ1n) is 8.13. The van der Waals surface area contributed by atoms with Crippen molar-refractivity contribution in [3.05, 3.63) is 69.8 Å². The van der Waals surface area contributed by atoms with Crippen LogP contribution in [0.25, 0.3) is 33.1 Å². The van der Waals surface area contributed by atoms with E-state index < -0.39 is 0 Å². The Hall–Kier alpha value is -2.81. The first kappa shape index (κ1) is 14.8. The second-order valence-electron chi connectivity index (χ2n) is 6.21. The standard InChI is InChI=1S/C21H18O3/c1-4-14-9-19(22)24-21-13(3)20-17(10-16(14)21)18(11-23-20)15-7-5-12(2)6-8-15/h5-11H,4H2,1-3H3. The van der Waals surface area contributed by atoms with Gasteiger partial charge in [0.2, 0.25) is 0 Å². The Morgan fingerprint density at radius 1 is 0.958 bits per heavy atom. The number of furan rings is 1. The van der Waals surface area contributed by atoms with Gasteiger partial charge >= 0.3 is 5.63 Å². The zero-order valence-corrected chi connectivity index (χ0v) is 14.0. The zero-order chi connectivity index (χ0) is 16.8. The SMILES string of the molecule is CCc1cc(=O)oc2c(C)c3occ(-c4ccc(C)cc4)c3cc12. The average molecular weight is 318 g/mol. The molecule has 0 fully saturated rings. The van der Waals surface area contributed by atoms with Gasteiger partial charge in [0.1, 0.15) is 11.2 Å². The van der Waals surface area contributed by atoms with Gasteiger partial charge in [-0.1, -0.05) is 36.8 Å². The van der Waals surface area contributed by atoms with Crippen LogP contribution >= 0.6 is 0 Å². The van der Waals surface area contributed by atoms with E-state index in [9.17, 15) is 4.79 Å². The third kappa shape index (κ3) is 2.16. The largest absolute Gasteiger partial charge is 0.463 e. The number of rotatable bonds is 2. The summed E-state index contributed by atoms with van der Waals surface area (Å²) >= 11 is 0. The normalized spacial score (nSPS) is 11.5.